The molecular formula is C27H35N3O. The lowest BCUT2D eigenvalue weighted by atomic mass is 10.0. The highest BCUT2D eigenvalue weighted by Crippen LogP contribution is 2.12. The lowest BCUT2D eigenvalue weighted by molar-refractivity contribution is 0.418. The number of hydrogen-bond acceptors (Lipinski definition) is 4. The maximum Gasteiger partial charge on any atom is 0.115 e. The van der Waals surface area contributed by atoms with Crippen molar-refractivity contribution in [2.45, 2.75) is 31.3 Å². The highest BCUT2D eigenvalue weighted by Gasteiger charge is 2.14. The third-order valence-electron chi connectivity index (χ3n) is 5.54. The van der Waals surface area contributed by atoms with Crippen molar-refractivity contribution in [1.82, 2.24) is 16.0 Å². The first-order valence-electron chi connectivity index (χ1n) is 11.2. The van der Waals surface area contributed by atoms with Gasteiger partial charge in [0.15, 0.2) is 0 Å². The Labute approximate surface area is 186 Å². The smallest absolute Gasteiger partial charge is 0.115 e. The van der Waals surface area contributed by atoms with Crippen molar-refractivity contribution in [2.24, 2.45) is 0 Å². The van der Waals surface area contributed by atoms with Gasteiger partial charge in [-0.1, -0.05) is 72.8 Å². The van der Waals surface area contributed by atoms with E-state index in [1.165, 1.54) is 16.7 Å². The summed E-state index contributed by atoms with van der Waals surface area (Å²) in [5.74, 6) is 0.312. The minimum atomic E-state index is 0.309. The number of likely N-dealkylation sites (N-methyl/N-ethyl adjacent to an activating group) is 1. The van der Waals surface area contributed by atoms with Crippen molar-refractivity contribution in [3.8, 4) is 5.75 Å². The Morgan fingerprint density at radius 3 is 1.81 bits per heavy atom. The molecule has 0 aliphatic heterocycles. The zero-order valence-electron chi connectivity index (χ0n) is 18.4. The van der Waals surface area contributed by atoms with Gasteiger partial charge in [-0.15, -0.1) is 0 Å². The molecule has 31 heavy (non-hydrogen) atoms. The summed E-state index contributed by atoms with van der Waals surface area (Å²) in [7, 11) is 2.01. The zero-order chi connectivity index (χ0) is 21.7. The molecule has 4 heteroatoms. The van der Waals surface area contributed by atoms with E-state index in [4.69, 9.17) is 0 Å². The van der Waals surface area contributed by atoms with Gasteiger partial charge >= 0.3 is 0 Å². The van der Waals surface area contributed by atoms with Crippen LogP contribution in [0.25, 0.3) is 0 Å². The Balaban J connectivity index is 1.58. The average molecular weight is 418 g/mol. The number of benzene rings is 3. The summed E-state index contributed by atoms with van der Waals surface area (Å²) < 4.78 is 0. The molecule has 0 aromatic heterocycles. The summed E-state index contributed by atoms with van der Waals surface area (Å²) in [6.07, 6.45) is 2.92. The van der Waals surface area contributed by atoms with Crippen molar-refractivity contribution in [3.05, 3.63) is 102 Å². The predicted octanol–water partition coefficient (Wildman–Crippen LogP) is 3.56. The summed E-state index contributed by atoms with van der Waals surface area (Å²) in [6, 6.07) is 29.5. The molecule has 0 saturated carbocycles. The van der Waals surface area contributed by atoms with Crippen molar-refractivity contribution in [2.75, 3.05) is 26.7 Å². The van der Waals surface area contributed by atoms with Gasteiger partial charge in [-0.2, -0.15) is 0 Å². The van der Waals surface area contributed by atoms with Gasteiger partial charge in [0.25, 0.3) is 0 Å². The maximum absolute atomic E-state index is 9.60. The molecule has 0 heterocycles. The van der Waals surface area contributed by atoms with Crippen LogP contribution in [0.15, 0.2) is 84.9 Å². The molecule has 4 nitrogen and oxygen atoms in total. The minimum absolute atomic E-state index is 0.309. The van der Waals surface area contributed by atoms with Gasteiger partial charge in [0, 0.05) is 25.2 Å². The summed E-state index contributed by atoms with van der Waals surface area (Å²) >= 11 is 0. The van der Waals surface area contributed by atoms with E-state index in [1.54, 1.807) is 12.1 Å². The van der Waals surface area contributed by atoms with Crippen LogP contribution in [0.2, 0.25) is 0 Å². The van der Waals surface area contributed by atoms with Crippen LogP contribution >= 0.6 is 0 Å². The number of phenolic OH excluding ortho intramolecular Hbond substituents is 1. The molecule has 3 rings (SSSR count). The molecule has 0 radical (unpaired) electrons. The fourth-order valence-corrected chi connectivity index (χ4v) is 3.87. The third-order valence-corrected chi connectivity index (χ3v) is 5.54. The monoisotopic (exact) mass is 417 g/mol. The Morgan fingerprint density at radius 1 is 0.645 bits per heavy atom. The van der Waals surface area contributed by atoms with Crippen LogP contribution in [0.1, 0.15) is 16.7 Å². The normalized spacial score (nSPS) is 13.1. The number of rotatable bonds is 13. The molecule has 0 spiro atoms. The lowest BCUT2D eigenvalue weighted by Crippen LogP contribution is -2.47. The molecule has 0 bridgehead atoms. The minimum Gasteiger partial charge on any atom is -0.508 e. The molecular weight excluding hydrogens is 382 g/mol. The van der Waals surface area contributed by atoms with E-state index in [0.717, 1.165) is 38.9 Å². The van der Waals surface area contributed by atoms with E-state index < -0.39 is 0 Å². The van der Waals surface area contributed by atoms with Crippen molar-refractivity contribution in [3.63, 3.8) is 0 Å². The van der Waals surface area contributed by atoms with Crippen LogP contribution in [0.5, 0.6) is 5.75 Å². The Bertz CT molecular complexity index is 853. The largest absolute Gasteiger partial charge is 0.508 e. The molecule has 0 amide bonds. The number of nitrogens with one attached hydrogen (secondary N) is 3. The maximum atomic E-state index is 9.60. The van der Waals surface area contributed by atoms with E-state index in [2.05, 4.69) is 76.6 Å². The molecule has 0 aliphatic carbocycles. The van der Waals surface area contributed by atoms with Crippen LogP contribution in [0.4, 0.5) is 0 Å². The van der Waals surface area contributed by atoms with Gasteiger partial charge < -0.3 is 21.1 Å². The van der Waals surface area contributed by atoms with E-state index in [9.17, 15) is 5.11 Å². The Kier molecular flexibility index (Phi) is 9.58. The molecule has 0 fully saturated rings. The first-order valence-corrected chi connectivity index (χ1v) is 11.2. The van der Waals surface area contributed by atoms with E-state index in [-0.39, 0.29) is 0 Å². The second-order valence-electron chi connectivity index (χ2n) is 8.11. The summed E-state index contributed by atoms with van der Waals surface area (Å²) in [4.78, 5) is 0. The van der Waals surface area contributed by atoms with E-state index >= 15 is 0 Å². The van der Waals surface area contributed by atoms with Gasteiger partial charge in [0.1, 0.15) is 5.75 Å². The van der Waals surface area contributed by atoms with Crippen LogP contribution in [-0.2, 0) is 19.3 Å². The molecule has 164 valence electrons. The standard InChI is InChI=1S/C27H35N3O/c1-28-20-25(18-23-10-6-3-7-11-23)30-21-26(19-24-12-14-27(31)15-13-24)29-17-16-22-8-4-2-5-9-22/h2-15,25-26,28-31H,16-21H2,1H3/t25-,26?/m0/s1. The molecule has 1 unspecified atom stereocenters. The second kappa shape index (κ2) is 12.9. The summed E-state index contributed by atoms with van der Waals surface area (Å²) in [5, 5.41) is 20.4. The van der Waals surface area contributed by atoms with Crippen LogP contribution in [-0.4, -0.2) is 43.9 Å². The second-order valence-corrected chi connectivity index (χ2v) is 8.11. The number of aromatic hydroxyl groups is 1. The number of hydrogen-bond donors (Lipinski definition) is 4. The molecule has 0 saturated heterocycles. The van der Waals surface area contributed by atoms with Crippen LogP contribution in [0.3, 0.4) is 0 Å². The van der Waals surface area contributed by atoms with Gasteiger partial charge in [-0.05, 0) is 61.7 Å². The van der Waals surface area contributed by atoms with Crippen molar-refractivity contribution < 1.29 is 5.11 Å². The van der Waals surface area contributed by atoms with E-state index in [1.807, 2.05) is 19.2 Å². The topological polar surface area (TPSA) is 56.3 Å². The van der Waals surface area contributed by atoms with Gasteiger partial charge in [0.2, 0.25) is 0 Å². The Morgan fingerprint density at radius 2 is 1.19 bits per heavy atom. The summed E-state index contributed by atoms with van der Waals surface area (Å²) in [6.45, 7) is 2.74. The SMILES string of the molecule is CNC[C@H](Cc1ccccc1)NCC(Cc1ccc(O)cc1)NCCc1ccccc1. The molecule has 4 N–H and O–H groups in total. The highest BCUT2D eigenvalue weighted by molar-refractivity contribution is 5.26. The van der Waals surface area contributed by atoms with Gasteiger partial charge in [-0.25, -0.2) is 0 Å². The van der Waals surface area contributed by atoms with Gasteiger partial charge in [-0.3, -0.25) is 0 Å². The predicted molar refractivity (Wildman–Crippen MR) is 130 cm³/mol. The molecule has 2 atom stereocenters. The lowest BCUT2D eigenvalue weighted by Gasteiger charge is -2.24. The molecule has 3 aromatic carbocycles. The van der Waals surface area contributed by atoms with E-state index in [0.29, 0.717) is 17.8 Å². The Hall–Kier alpha value is -2.66. The fraction of sp³-hybridized carbons (Fsp3) is 0.333. The van der Waals surface area contributed by atoms with Crippen molar-refractivity contribution in [1.29, 1.82) is 0 Å². The molecule has 3 aromatic rings. The fourth-order valence-electron chi connectivity index (χ4n) is 3.87. The van der Waals surface area contributed by atoms with Gasteiger partial charge in [0.05, 0.1) is 0 Å². The first-order chi connectivity index (χ1) is 15.2. The van der Waals surface area contributed by atoms with Crippen LogP contribution < -0.4 is 16.0 Å². The average Bonchev–Trinajstić information content (AvgIpc) is 2.80. The first kappa shape index (κ1) is 23.0. The quantitative estimate of drug-likeness (QED) is 0.344. The number of phenols is 1. The molecule has 0 aliphatic rings. The highest BCUT2D eigenvalue weighted by atomic mass is 16.3. The third kappa shape index (κ3) is 8.54. The zero-order valence-corrected chi connectivity index (χ0v) is 18.4. The van der Waals surface area contributed by atoms with Crippen molar-refractivity contribution >= 4 is 0 Å². The van der Waals surface area contributed by atoms with Crippen LogP contribution in [0, 0.1) is 0 Å². The summed E-state index contributed by atoms with van der Waals surface area (Å²) in [5.41, 5.74) is 3.93.